The van der Waals surface area contributed by atoms with Gasteiger partial charge in [-0.15, -0.1) is 11.3 Å². The van der Waals surface area contributed by atoms with E-state index in [1.54, 1.807) is 11.3 Å². The van der Waals surface area contributed by atoms with E-state index < -0.39 is 0 Å². The van der Waals surface area contributed by atoms with Gasteiger partial charge in [-0.3, -0.25) is 0 Å². The zero-order valence-corrected chi connectivity index (χ0v) is 12.3. The van der Waals surface area contributed by atoms with E-state index in [1.807, 2.05) is 0 Å². The summed E-state index contributed by atoms with van der Waals surface area (Å²) in [6.07, 6.45) is 3.90. The van der Waals surface area contributed by atoms with E-state index in [4.69, 9.17) is 0 Å². The quantitative estimate of drug-likeness (QED) is 0.749. The van der Waals surface area contributed by atoms with Crippen molar-refractivity contribution in [1.29, 1.82) is 0 Å². The predicted octanol–water partition coefficient (Wildman–Crippen LogP) is 4.55. The van der Waals surface area contributed by atoms with Crippen LogP contribution in [0.5, 0.6) is 0 Å². The fraction of sp³-hybridized carbons (Fsp3) is 0.600. The van der Waals surface area contributed by atoms with Crippen molar-refractivity contribution in [2.45, 2.75) is 32.7 Å². The Hall–Kier alpha value is 0.620. The van der Waals surface area contributed by atoms with Crippen LogP contribution in [0.3, 0.4) is 0 Å². The molecule has 0 radical (unpaired) electrons. The lowest BCUT2D eigenvalue weighted by Gasteiger charge is -2.01. The van der Waals surface area contributed by atoms with Crippen molar-refractivity contribution in [3.05, 3.63) is 19.2 Å². The van der Waals surface area contributed by atoms with Gasteiger partial charge < -0.3 is 5.32 Å². The van der Waals surface area contributed by atoms with Gasteiger partial charge in [0.05, 0.1) is 3.79 Å². The molecule has 14 heavy (non-hydrogen) atoms. The van der Waals surface area contributed by atoms with Crippen LogP contribution in [0.1, 0.15) is 31.1 Å². The maximum absolute atomic E-state index is 3.49. The smallest absolute Gasteiger partial charge is 0.0843 e. The molecule has 0 saturated carbocycles. The Balaban J connectivity index is 2.18. The van der Waals surface area contributed by atoms with Gasteiger partial charge in [-0.25, -0.2) is 0 Å². The molecule has 1 rings (SSSR count). The molecule has 0 saturated heterocycles. The molecule has 0 fully saturated rings. The molecule has 0 amide bonds. The highest BCUT2D eigenvalue weighted by atomic mass is 79.9. The van der Waals surface area contributed by atoms with E-state index in [0.29, 0.717) is 0 Å². The van der Waals surface area contributed by atoms with Gasteiger partial charge in [0.1, 0.15) is 0 Å². The van der Waals surface area contributed by atoms with Gasteiger partial charge in [0, 0.05) is 15.9 Å². The summed E-state index contributed by atoms with van der Waals surface area (Å²) in [7, 11) is 0. The molecular weight excluding hydrogens is 326 g/mol. The van der Waals surface area contributed by atoms with Crippen molar-refractivity contribution in [2.24, 2.45) is 0 Å². The number of nitrogens with one attached hydrogen (secondary N) is 1. The highest BCUT2D eigenvalue weighted by Gasteiger charge is 2.02. The first kappa shape index (κ1) is 12.7. The Labute approximate surface area is 107 Å². The van der Waals surface area contributed by atoms with Crippen molar-refractivity contribution in [3.8, 4) is 0 Å². The maximum atomic E-state index is 3.49. The van der Waals surface area contributed by atoms with Crippen LogP contribution in [0.25, 0.3) is 0 Å². The Bertz CT molecular complexity index is 254. The van der Waals surface area contributed by atoms with E-state index in [0.717, 1.165) is 17.6 Å². The number of unbranched alkanes of at least 4 members (excludes halogenated alkanes) is 2. The zero-order valence-electron chi connectivity index (χ0n) is 8.28. The molecule has 0 bridgehead atoms. The predicted molar refractivity (Wildman–Crippen MR) is 71.0 cm³/mol. The van der Waals surface area contributed by atoms with Crippen LogP contribution in [-0.2, 0) is 6.54 Å². The van der Waals surface area contributed by atoms with E-state index in [9.17, 15) is 0 Å². The number of thiophene rings is 1. The molecule has 1 aromatic rings. The normalized spacial score (nSPS) is 10.8. The van der Waals surface area contributed by atoms with E-state index in [1.165, 1.54) is 27.9 Å². The highest BCUT2D eigenvalue weighted by molar-refractivity contribution is 9.13. The SMILES string of the molecule is CCCCCNCc1cc(Br)c(Br)s1. The van der Waals surface area contributed by atoms with Gasteiger partial charge in [-0.1, -0.05) is 19.8 Å². The van der Waals surface area contributed by atoms with Gasteiger partial charge in [0.15, 0.2) is 0 Å². The number of hydrogen-bond donors (Lipinski definition) is 1. The Morgan fingerprint density at radius 3 is 2.71 bits per heavy atom. The average molecular weight is 341 g/mol. The third-order valence-electron chi connectivity index (χ3n) is 1.95. The molecule has 80 valence electrons. The molecule has 1 N–H and O–H groups in total. The summed E-state index contributed by atoms with van der Waals surface area (Å²) in [4.78, 5) is 1.38. The summed E-state index contributed by atoms with van der Waals surface area (Å²) in [5, 5.41) is 3.45. The van der Waals surface area contributed by atoms with E-state index in [-0.39, 0.29) is 0 Å². The first-order valence-electron chi connectivity index (χ1n) is 4.88. The zero-order chi connectivity index (χ0) is 10.4. The van der Waals surface area contributed by atoms with Crippen LogP contribution in [-0.4, -0.2) is 6.54 Å². The van der Waals surface area contributed by atoms with Crippen LogP contribution < -0.4 is 5.32 Å². The number of hydrogen-bond acceptors (Lipinski definition) is 2. The lowest BCUT2D eigenvalue weighted by atomic mass is 10.2. The topological polar surface area (TPSA) is 12.0 Å². The van der Waals surface area contributed by atoms with Gasteiger partial charge in [0.25, 0.3) is 0 Å². The average Bonchev–Trinajstić information content (AvgIpc) is 2.46. The van der Waals surface area contributed by atoms with Gasteiger partial charge >= 0.3 is 0 Å². The summed E-state index contributed by atoms with van der Waals surface area (Å²) in [6.45, 7) is 4.34. The van der Waals surface area contributed by atoms with Crippen molar-refractivity contribution >= 4 is 43.2 Å². The molecule has 1 heterocycles. The van der Waals surface area contributed by atoms with Crippen LogP contribution >= 0.6 is 43.2 Å². The standard InChI is InChI=1S/C10H15Br2NS/c1-2-3-4-5-13-7-8-6-9(11)10(12)14-8/h6,13H,2-5,7H2,1H3. The fourth-order valence-corrected chi connectivity index (χ4v) is 3.34. The third kappa shape index (κ3) is 4.43. The first-order chi connectivity index (χ1) is 6.74. The van der Waals surface area contributed by atoms with E-state index in [2.05, 4.69) is 50.2 Å². The first-order valence-corrected chi connectivity index (χ1v) is 7.28. The number of rotatable bonds is 6. The molecule has 0 aliphatic heterocycles. The van der Waals surface area contributed by atoms with Gasteiger partial charge in [-0.2, -0.15) is 0 Å². The molecule has 0 aromatic carbocycles. The summed E-state index contributed by atoms with van der Waals surface area (Å²) in [5.41, 5.74) is 0. The van der Waals surface area contributed by atoms with Crippen molar-refractivity contribution in [3.63, 3.8) is 0 Å². The minimum absolute atomic E-state index is 0.985. The monoisotopic (exact) mass is 339 g/mol. The summed E-state index contributed by atoms with van der Waals surface area (Å²) >= 11 is 8.76. The summed E-state index contributed by atoms with van der Waals surface area (Å²) in [5.74, 6) is 0. The largest absolute Gasteiger partial charge is 0.312 e. The Kier molecular flexibility index (Phi) is 6.33. The summed E-state index contributed by atoms with van der Waals surface area (Å²) < 4.78 is 2.34. The van der Waals surface area contributed by atoms with Crippen molar-refractivity contribution < 1.29 is 0 Å². The maximum Gasteiger partial charge on any atom is 0.0843 e. The lowest BCUT2D eigenvalue weighted by molar-refractivity contribution is 0.620. The second-order valence-electron chi connectivity index (χ2n) is 3.22. The Morgan fingerprint density at radius 1 is 1.36 bits per heavy atom. The van der Waals surface area contributed by atoms with Crippen LogP contribution in [0.4, 0.5) is 0 Å². The molecule has 0 aliphatic carbocycles. The molecule has 1 aromatic heterocycles. The highest BCUT2D eigenvalue weighted by Crippen LogP contribution is 2.32. The molecule has 1 nitrogen and oxygen atoms in total. The number of halogens is 2. The van der Waals surface area contributed by atoms with Crippen LogP contribution in [0.15, 0.2) is 14.3 Å². The minimum Gasteiger partial charge on any atom is -0.312 e. The second kappa shape index (κ2) is 6.99. The molecule has 0 atom stereocenters. The van der Waals surface area contributed by atoms with Crippen molar-refractivity contribution in [1.82, 2.24) is 5.32 Å². The minimum atomic E-state index is 0.985. The van der Waals surface area contributed by atoms with E-state index >= 15 is 0 Å². The van der Waals surface area contributed by atoms with Crippen molar-refractivity contribution in [2.75, 3.05) is 6.54 Å². The molecule has 0 unspecified atom stereocenters. The molecule has 0 spiro atoms. The lowest BCUT2D eigenvalue weighted by Crippen LogP contribution is -2.13. The molecular formula is C10H15Br2NS. The fourth-order valence-electron chi connectivity index (χ4n) is 1.19. The molecule has 4 heteroatoms. The second-order valence-corrected chi connectivity index (χ2v) is 6.53. The third-order valence-corrected chi connectivity index (χ3v) is 5.21. The van der Waals surface area contributed by atoms with Gasteiger partial charge in [-0.05, 0) is 50.9 Å². The Morgan fingerprint density at radius 2 is 2.14 bits per heavy atom. The molecule has 0 aliphatic rings. The summed E-state index contributed by atoms with van der Waals surface area (Å²) in [6, 6.07) is 2.17. The van der Waals surface area contributed by atoms with Crippen LogP contribution in [0.2, 0.25) is 0 Å². The van der Waals surface area contributed by atoms with Crippen LogP contribution in [0, 0.1) is 0 Å². The van der Waals surface area contributed by atoms with Gasteiger partial charge in [0.2, 0.25) is 0 Å².